The molecule has 0 fully saturated rings. The van der Waals surface area contributed by atoms with Crippen LogP contribution in [0.2, 0.25) is 0 Å². The van der Waals surface area contributed by atoms with Crippen LogP contribution in [0.25, 0.3) is 0 Å². The van der Waals surface area contributed by atoms with Gasteiger partial charge in [0.15, 0.2) is 0 Å². The minimum atomic E-state index is -0.628. The smallest absolute Gasteiger partial charge is 0.413 e. The number of hydrogen-bond donors (Lipinski definition) is 1. The zero-order valence-corrected chi connectivity index (χ0v) is 12.8. The van der Waals surface area contributed by atoms with Gasteiger partial charge in [0, 0.05) is 17.0 Å². The maximum Gasteiger partial charge on any atom is 0.413 e. The van der Waals surface area contributed by atoms with Gasteiger partial charge in [-0.2, -0.15) is 0 Å². The molecule has 0 aliphatic carbocycles. The summed E-state index contributed by atoms with van der Waals surface area (Å²) >= 11 is 6.12. The number of hydrogen-bond acceptors (Lipinski definition) is 6. The first-order valence-electron chi connectivity index (χ1n) is 5.63. The van der Waals surface area contributed by atoms with E-state index < -0.39 is 16.6 Å². The molecule has 0 saturated carbocycles. The van der Waals surface area contributed by atoms with Crippen LogP contribution in [0.4, 0.5) is 10.5 Å². The van der Waals surface area contributed by atoms with Crippen molar-refractivity contribution in [2.45, 2.75) is 31.3 Å². The predicted octanol–water partition coefficient (Wildman–Crippen LogP) is 3.50. The van der Waals surface area contributed by atoms with Gasteiger partial charge in [0.05, 0.1) is 4.92 Å². The Kier molecular flexibility index (Phi) is 5.46. The van der Waals surface area contributed by atoms with Gasteiger partial charge in [0.25, 0.3) is 5.69 Å². The largest absolute Gasteiger partial charge is 0.444 e. The Labute approximate surface area is 126 Å². The average molecular weight is 314 g/mol. The Morgan fingerprint density at radius 2 is 1.90 bits per heavy atom. The van der Waals surface area contributed by atoms with Crippen molar-refractivity contribution < 1.29 is 14.5 Å². The number of alkyl carbamates (subject to hydrolysis) is 1. The number of rotatable bonds is 2. The number of nitro benzene ring substituents is 1. The lowest BCUT2D eigenvalue weighted by molar-refractivity contribution is -0.384. The van der Waals surface area contributed by atoms with E-state index in [0.29, 0.717) is 4.90 Å². The summed E-state index contributed by atoms with van der Waals surface area (Å²) in [7, 11) is 0. The zero-order chi connectivity index (χ0) is 15.3. The summed E-state index contributed by atoms with van der Waals surface area (Å²) < 4.78 is 5.27. The van der Waals surface area contributed by atoms with Crippen molar-refractivity contribution in [1.29, 1.82) is 0 Å². The first-order valence-corrected chi connectivity index (χ1v) is 6.86. The monoisotopic (exact) mass is 314 g/mol. The summed E-state index contributed by atoms with van der Waals surface area (Å²) in [5.74, 6) is 0. The Hall–Kier alpha value is -1.67. The molecule has 1 rings (SSSR count). The number of nitrogens with zero attached hydrogens (tertiary/aromatic N) is 1. The highest BCUT2D eigenvalue weighted by atomic mass is 32.2. The van der Waals surface area contributed by atoms with Crippen LogP contribution in [0, 0.1) is 10.1 Å². The van der Waals surface area contributed by atoms with Gasteiger partial charge in [-0.15, -0.1) is 0 Å². The van der Waals surface area contributed by atoms with E-state index in [1.165, 1.54) is 12.1 Å². The molecule has 0 saturated heterocycles. The van der Waals surface area contributed by atoms with E-state index in [-0.39, 0.29) is 10.0 Å². The number of benzene rings is 1. The van der Waals surface area contributed by atoms with Crippen LogP contribution in [0.5, 0.6) is 0 Å². The molecule has 6 nitrogen and oxygen atoms in total. The summed E-state index contributed by atoms with van der Waals surface area (Å²) in [6, 6.07) is 5.87. The second kappa shape index (κ2) is 6.67. The van der Waals surface area contributed by atoms with Gasteiger partial charge in [-0.3, -0.25) is 15.4 Å². The standard InChI is InChI=1S/C12H14N2O4S2/c1-12(2,3)18-10(15)13-11(19)20-9-6-4-8(5-7-9)14(16)17/h4-7H,1-3H3,(H,13,15,19). The number of nitrogens with one attached hydrogen (secondary N) is 1. The third kappa shape index (κ3) is 5.98. The van der Waals surface area contributed by atoms with Crippen molar-refractivity contribution in [3.8, 4) is 0 Å². The van der Waals surface area contributed by atoms with Crippen molar-refractivity contribution in [1.82, 2.24) is 5.32 Å². The fraction of sp³-hybridized carbons (Fsp3) is 0.333. The van der Waals surface area contributed by atoms with E-state index >= 15 is 0 Å². The summed E-state index contributed by atoms with van der Waals surface area (Å²) in [6.07, 6.45) is -0.628. The normalized spacial score (nSPS) is 10.8. The molecule has 0 aliphatic rings. The van der Waals surface area contributed by atoms with Gasteiger partial charge < -0.3 is 4.74 Å². The number of ether oxygens (including phenoxy) is 1. The van der Waals surface area contributed by atoms with Gasteiger partial charge in [0.2, 0.25) is 0 Å². The van der Waals surface area contributed by atoms with Crippen molar-refractivity contribution >= 4 is 40.1 Å². The lowest BCUT2D eigenvalue weighted by Gasteiger charge is -2.19. The van der Waals surface area contributed by atoms with Crippen LogP contribution < -0.4 is 5.32 Å². The molecule has 0 bridgehead atoms. The van der Waals surface area contributed by atoms with E-state index in [0.717, 1.165) is 11.8 Å². The molecule has 0 heterocycles. The van der Waals surface area contributed by atoms with Crippen molar-refractivity contribution in [3.63, 3.8) is 0 Å². The number of non-ortho nitro benzene ring substituents is 1. The molecule has 0 spiro atoms. The van der Waals surface area contributed by atoms with Crippen LogP contribution in [-0.4, -0.2) is 20.9 Å². The minimum Gasteiger partial charge on any atom is -0.444 e. The lowest BCUT2D eigenvalue weighted by Crippen LogP contribution is -2.34. The molecule has 1 N–H and O–H groups in total. The number of thiocarbonyl (C=S) groups is 1. The van der Waals surface area contributed by atoms with E-state index in [2.05, 4.69) is 5.32 Å². The molecule has 0 unspecified atom stereocenters. The van der Waals surface area contributed by atoms with Crippen molar-refractivity contribution in [3.05, 3.63) is 34.4 Å². The molecule has 108 valence electrons. The summed E-state index contributed by atoms with van der Waals surface area (Å²) in [5, 5.41) is 12.9. The number of carbonyl (C=O) groups excluding carboxylic acids is 1. The molecular weight excluding hydrogens is 300 g/mol. The molecule has 1 aromatic rings. The second-order valence-electron chi connectivity index (χ2n) is 4.77. The number of nitro groups is 1. The molecule has 0 atom stereocenters. The Morgan fingerprint density at radius 3 is 2.35 bits per heavy atom. The predicted molar refractivity (Wildman–Crippen MR) is 80.9 cm³/mol. The lowest BCUT2D eigenvalue weighted by atomic mass is 10.2. The number of amides is 1. The third-order valence-electron chi connectivity index (χ3n) is 1.86. The van der Waals surface area contributed by atoms with Crippen molar-refractivity contribution in [2.75, 3.05) is 0 Å². The Morgan fingerprint density at radius 1 is 1.35 bits per heavy atom. The fourth-order valence-corrected chi connectivity index (χ4v) is 2.15. The highest BCUT2D eigenvalue weighted by Crippen LogP contribution is 2.22. The van der Waals surface area contributed by atoms with Gasteiger partial charge in [-0.1, -0.05) is 24.0 Å². The van der Waals surface area contributed by atoms with Crippen LogP contribution in [0.15, 0.2) is 29.2 Å². The summed E-state index contributed by atoms with van der Waals surface area (Å²) in [6.45, 7) is 5.25. The maximum atomic E-state index is 11.5. The third-order valence-corrected chi connectivity index (χ3v) is 3.01. The molecule has 0 aliphatic heterocycles. The van der Waals surface area contributed by atoms with E-state index in [4.69, 9.17) is 17.0 Å². The number of thioether (sulfide) groups is 1. The summed E-state index contributed by atoms with van der Waals surface area (Å²) in [4.78, 5) is 22.2. The van der Waals surface area contributed by atoms with Crippen molar-refractivity contribution in [2.24, 2.45) is 0 Å². The van der Waals surface area contributed by atoms with Gasteiger partial charge in [-0.25, -0.2) is 4.79 Å². The highest BCUT2D eigenvalue weighted by Gasteiger charge is 2.17. The van der Waals surface area contributed by atoms with Crippen LogP contribution in [0.1, 0.15) is 20.8 Å². The minimum absolute atomic E-state index is 0.000342. The Balaban J connectivity index is 2.54. The van der Waals surface area contributed by atoms with Crippen LogP contribution >= 0.6 is 24.0 Å². The fourth-order valence-electron chi connectivity index (χ4n) is 1.16. The van der Waals surface area contributed by atoms with Gasteiger partial charge in [0.1, 0.15) is 9.92 Å². The zero-order valence-electron chi connectivity index (χ0n) is 11.2. The highest BCUT2D eigenvalue weighted by molar-refractivity contribution is 8.23. The SMILES string of the molecule is CC(C)(C)OC(=O)NC(=S)Sc1ccc([N+](=O)[O-])cc1. The molecule has 20 heavy (non-hydrogen) atoms. The topological polar surface area (TPSA) is 81.5 Å². The first kappa shape index (κ1) is 16.4. The maximum absolute atomic E-state index is 11.5. The molecule has 1 amide bonds. The van der Waals surface area contributed by atoms with Crippen LogP contribution in [-0.2, 0) is 4.74 Å². The van der Waals surface area contributed by atoms with E-state index in [1.807, 2.05) is 0 Å². The molecular formula is C12H14N2O4S2. The van der Waals surface area contributed by atoms with Crippen LogP contribution in [0.3, 0.4) is 0 Å². The molecule has 8 heteroatoms. The molecule has 0 aromatic heterocycles. The van der Waals surface area contributed by atoms with E-state index in [1.54, 1.807) is 32.9 Å². The quantitative estimate of drug-likeness (QED) is 0.389. The van der Waals surface area contributed by atoms with E-state index in [9.17, 15) is 14.9 Å². The Bertz CT molecular complexity index is 523. The molecule has 1 aromatic carbocycles. The summed E-state index contributed by atoms with van der Waals surface area (Å²) in [5.41, 5.74) is -0.599. The number of carbonyl (C=O) groups is 1. The second-order valence-corrected chi connectivity index (χ2v) is 6.52. The van der Waals surface area contributed by atoms with Gasteiger partial charge >= 0.3 is 6.09 Å². The molecule has 0 radical (unpaired) electrons. The first-order chi connectivity index (χ1) is 9.17. The van der Waals surface area contributed by atoms with Gasteiger partial charge in [-0.05, 0) is 32.9 Å². The average Bonchev–Trinajstić information content (AvgIpc) is 2.26.